The summed E-state index contributed by atoms with van der Waals surface area (Å²) in [6.45, 7) is 0. The zero-order valence-corrected chi connectivity index (χ0v) is 10.8. The molecule has 8 heteroatoms. The average molecular weight is 306 g/mol. The summed E-state index contributed by atoms with van der Waals surface area (Å²) in [5.74, 6) is 0. The third-order valence-electron chi connectivity index (χ3n) is 2.42. The van der Waals surface area contributed by atoms with Gasteiger partial charge in [0.25, 0.3) is 10.1 Å². The molecule has 0 saturated carbocycles. The minimum atomic E-state index is -4.27. The van der Waals surface area contributed by atoms with Gasteiger partial charge in [-0.3, -0.25) is 4.55 Å². The first-order chi connectivity index (χ1) is 8.39. The Kier molecular flexibility index (Phi) is 5.31. The fraction of sp³-hybridized carbons (Fsp3) is 0. The van der Waals surface area contributed by atoms with Crippen molar-refractivity contribution in [3.8, 4) is 0 Å². The quantitative estimate of drug-likeness (QED) is 0.437. The molecule has 0 saturated heterocycles. The maximum atomic E-state index is 11.3. The van der Waals surface area contributed by atoms with Gasteiger partial charge in [0.2, 0.25) is 0 Å². The Morgan fingerprint density at radius 2 is 1.74 bits per heavy atom. The van der Waals surface area contributed by atoms with Gasteiger partial charge in [-0.05, 0) is 24.4 Å². The Labute approximate surface area is 138 Å². The molecular formula is C11H11N2NaO3S2. The first-order valence-electron chi connectivity index (χ1n) is 4.95. The molecule has 0 aliphatic rings. The summed E-state index contributed by atoms with van der Waals surface area (Å²) in [5, 5.41) is 3.86. The van der Waals surface area contributed by atoms with Gasteiger partial charge in [0.1, 0.15) is 4.90 Å². The molecule has 0 fully saturated rings. The van der Waals surface area contributed by atoms with Crippen molar-refractivity contribution >= 4 is 73.5 Å². The predicted octanol–water partition coefficient (Wildman–Crippen LogP) is 1.09. The summed E-state index contributed by atoms with van der Waals surface area (Å²) in [5.41, 5.74) is 5.98. The predicted molar refractivity (Wildman–Crippen MR) is 81.3 cm³/mol. The zero-order chi connectivity index (χ0) is 13.3. The van der Waals surface area contributed by atoms with E-state index in [0.717, 1.165) is 0 Å². The fourth-order valence-corrected chi connectivity index (χ4v) is 2.54. The van der Waals surface area contributed by atoms with Gasteiger partial charge in [-0.2, -0.15) is 8.42 Å². The third-order valence-corrected chi connectivity index (χ3v) is 3.43. The van der Waals surface area contributed by atoms with Crippen LogP contribution in [0, 0.1) is 0 Å². The summed E-state index contributed by atoms with van der Waals surface area (Å²) < 4.78 is 31.7. The summed E-state index contributed by atoms with van der Waals surface area (Å²) in [7, 11) is -4.27. The maximum absolute atomic E-state index is 11.3. The molecule has 0 heterocycles. The molecule has 19 heavy (non-hydrogen) atoms. The van der Waals surface area contributed by atoms with Gasteiger partial charge >= 0.3 is 29.6 Å². The van der Waals surface area contributed by atoms with Gasteiger partial charge in [-0.25, -0.2) is 0 Å². The molecule has 0 aromatic heterocycles. The van der Waals surface area contributed by atoms with Crippen LogP contribution in [0.4, 0.5) is 5.69 Å². The van der Waals surface area contributed by atoms with Crippen molar-refractivity contribution in [1.29, 1.82) is 0 Å². The van der Waals surface area contributed by atoms with E-state index in [9.17, 15) is 8.42 Å². The molecule has 0 unspecified atom stereocenters. The number of hydrogen-bond donors (Lipinski definition) is 3. The first-order valence-corrected chi connectivity index (χ1v) is 6.80. The summed E-state index contributed by atoms with van der Waals surface area (Å²) >= 11 is 4.75. The summed E-state index contributed by atoms with van der Waals surface area (Å²) in [6, 6.07) is 9.55. The minimum absolute atomic E-state index is 0. The van der Waals surface area contributed by atoms with Crippen LogP contribution in [0.1, 0.15) is 0 Å². The number of nitrogens with one attached hydrogen (secondary N) is 1. The monoisotopic (exact) mass is 306 g/mol. The van der Waals surface area contributed by atoms with Crippen molar-refractivity contribution in [1.82, 2.24) is 0 Å². The van der Waals surface area contributed by atoms with E-state index in [0.29, 0.717) is 16.5 Å². The molecule has 0 atom stereocenters. The van der Waals surface area contributed by atoms with Gasteiger partial charge in [0, 0.05) is 16.5 Å². The van der Waals surface area contributed by atoms with Crippen LogP contribution in [0.3, 0.4) is 0 Å². The molecule has 0 bridgehead atoms. The number of hydrogen-bond acceptors (Lipinski definition) is 3. The molecule has 5 nitrogen and oxygen atoms in total. The number of nitrogens with two attached hydrogens (primary N) is 1. The van der Waals surface area contributed by atoms with Gasteiger partial charge in [0.15, 0.2) is 5.11 Å². The molecule has 0 radical (unpaired) electrons. The standard InChI is InChI=1S/C11H10N2O3S2.Na.H/c12-11(17)13-9-5-6-10(18(14,15)16)8-4-2-1-3-7(8)9;;/h1-6H,(H3,12,13,17)(H,14,15,16);;. The van der Waals surface area contributed by atoms with Crippen LogP contribution in [0.2, 0.25) is 0 Å². The number of fused-ring (bicyclic) bond motifs is 1. The molecule has 0 spiro atoms. The number of thiocarbonyl (C=S) groups is 1. The second kappa shape index (κ2) is 6.17. The van der Waals surface area contributed by atoms with Gasteiger partial charge in [-0.15, -0.1) is 0 Å². The second-order valence-corrected chi connectivity index (χ2v) is 5.45. The average Bonchev–Trinajstić information content (AvgIpc) is 2.27. The van der Waals surface area contributed by atoms with Crippen molar-refractivity contribution in [2.75, 3.05) is 5.32 Å². The summed E-state index contributed by atoms with van der Waals surface area (Å²) in [4.78, 5) is -0.147. The van der Waals surface area contributed by atoms with E-state index < -0.39 is 10.1 Å². The van der Waals surface area contributed by atoms with Crippen molar-refractivity contribution in [3.63, 3.8) is 0 Å². The van der Waals surface area contributed by atoms with Crippen molar-refractivity contribution in [2.24, 2.45) is 5.73 Å². The van der Waals surface area contributed by atoms with E-state index in [1.807, 2.05) is 0 Å². The van der Waals surface area contributed by atoms with E-state index in [4.69, 9.17) is 22.5 Å². The Morgan fingerprint density at radius 3 is 2.26 bits per heavy atom. The van der Waals surface area contributed by atoms with E-state index >= 15 is 0 Å². The Hall–Kier alpha value is -0.700. The Bertz CT molecular complexity index is 732. The number of rotatable bonds is 2. The molecule has 0 aliphatic heterocycles. The van der Waals surface area contributed by atoms with E-state index in [2.05, 4.69) is 5.32 Å². The van der Waals surface area contributed by atoms with Crippen LogP contribution >= 0.6 is 12.2 Å². The van der Waals surface area contributed by atoms with E-state index in [1.165, 1.54) is 12.1 Å². The van der Waals surface area contributed by atoms with Gasteiger partial charge in [-0.1, -0.05) is 24.3 Å². The van der Waals surface area contributed by atoms with Crippen molar-refractivity contribution in [3.05, 3.63) is 36.4 Å². The van der Waals surface area contributed by atoms with Crippen molar-refractivity contribution < 1.29 is 13.0 Å². The molecule has 4 N–H and O–H groups in total. The molecular weight excluding hydrogens is 295 g/mol. The Morgan fingerprint density at radius 1 is 1.16 bits per heavy atom. The van der Waals surface area contributed by atoms with E-state index in [-0.39, 0.29) is 39.6 Å². The number of anilines is 1. The Balaban J connectivity index is 0.00000180. The molecule has 0 aliphatic carbocycles. The first kappa shape index (κ1) is 16.4. The van der Waals surface area contributed by atoms with Crippen LogP contribution < -0.4 is 11.1 Å². The zero-order valence-electron chi connectivity index (χ0n) is 9.12. The van der Waals surface area contributed by atoms with Crippen LogP contribution in [0.25, 0.3) is 10.8 Å². The second-order valence-electron chi connectivity index (χ2n) is 3.62. The van der Waals surface area contributed by atoms with Gasteiger partial charge in [0.05, 0.1) is 0 Å². The topological polar surface area (TPSA) is 92.4 Å². The third kappa shape index (κ3) is 3.65. The molecule has 2 rings (SSSR count). The fourth-order valence-electron chi connectivity index (χ4n) is 1.74. The van der Waals surface area contributed by atoms with Gasteiger partial charge < -0.3 is 11.1 Å². The van der Waals surface area contributed by atoms with Crippen LogP contribution in [-0.4, -0.2) is 47.6 Å². The molecule has 2 aromatic carbocycles. The van der Waals surface area contributed by atoms with Crippen molar-refractivity contribution in [2.45, 2.75) is 4.90 Å². The SMILES string of the molecule is NC(=S)Nc1ccc(S(=O)(=O)O)c2ccccc12.[NaH]. The molecule has 2 aromatic rings. The van der Waals surface area contributed by atoms with E-state index in [1.54, 1.807) is 24.3 Å². The summed E-state index contributed by atoms with van der Waals surface area (Å²) in [6.07, 6.45) is 0. The normalized spacial score (nSPS) is 10.8. The van der Waals surface area contributed by atoms with Crippen LogP contribution in [-0.2, 0) is 10.1 Å². The molecule has 0 amide bonds. The van der Waals surface area contributed by atoms with Crippen LogP contribution in [0.15, 0.2) is 41.3 Å². The molecule has 96 valence electrons. The number of benzene rings is 2. The van der Waals surface area contributed by atoms with Crippen LogP contribution in [0.5, 0.6) is 0 Å².